The normalized spacial score (nSPS) is 24.6. The molecule has 116 valence electrons. The SMILES string of the molecule is CCCN(CC1CCCCN1)C(=O)CC1CCSCC1. The van der Waals surface area contributed by atoms with Crippen LogP contribution < -0.4 is 5.32 Å². The van der Waals surface area contributed by atoms with Gasteiger partial charge in [0.1, 0.15) is 0 Å². The summed E-state index contributed by atoms with van der Waals surface area (Å²) in [6.07, 6.45) is 8.15. The highest BCUT2D eigenvalue weighted by atomic mass is 32.2. The maximum absolute atomic E-state index is 12.6. The fraction of sp³-hybridized carbons (Fsp3) is 0.938. The van der Waals surface area contributed by atoms with Crippen LogP contribution in [0.4, 0.5) is 0 Å². The Morgan fingerprint density at radius 2 is 2.05 bits per heavy atom. The molecule has 1 N–H and O–H groups in total. The predicted octanol–water partition coefficient (Wildman–Crippen LogP) is 2.90. The number of amides is 1. The lowest BCUT2D eigenvalue weighted by atomic mass is 9.97. The average Bonchev–Trinajstić information content (AvgIpc) is 2.49. The summed E-state index contributed by atoms with van der Waals surface area (Å²) in [5, 5.41) is 3.57. The third-order valence-corrected chi connectivity index (χ3v) is 5.55. The molecule has 2 saturated heterocycles. The van der Waals surface area contributed by atoms with Crippen LogP contribution in [0.15, 0.2) is 0 Å². The Morgan fingerprint density at radius 3 is 2.70 bits per heavy atom. The van der Waals surface area contributed by atoms with E-state index in [-0.39, 0.29) is 0 Å². The molecule has 20 heavy (non-hydrogen) atoms. The Kier molecular flexibility index (Phi) is 7.22. The minimum Gasteiger partial charge on any atom is -0.341 e. The van der Waals surface area contributed by atoms with Crippen molar-refractivity contribution in [2.75, 3.05) is 31.1 Å². The quantitative estimate of drug-likeness (QED) is 0.818. The summed E-state index contributed by atoms with van der Waals surface area (Å²) < 4.78 is 0. The van der Waals surface area contributed by atoms with E-state index in [9.17, 15) is 4.79 Å². The van der Waals surface area contributed by atoms with Crippen LogP contribution in [0.3, 0.4) is 0 Å². The Morgan fingerprint density at radius 1 is 1.25 bits per heavy atom. The summed E-state index contributed by atoms with van der Waals surface area (Å²) in [5.41, 5.74) is 0. The zero-order valence-corrected chi connectivity index (χ0v) is 13.7. The number of thioether (sulfide) groups is 1. The molecule has 0 saturated carbocycles. The molecule has 1 unspecified atom stereocenters. The van der Waals surface area contributed by atoms with E-state index in [1.165, 1.54) is 43.6 Å². The number of carbonyl (C=O) groups is 1. The van der Waals surface area contributed by atoms with Gasteiger partial charge in [0.25, 0.3) is 0 Å². The van der Waals surface area contributed by atoms with E-state index in [2.05, 4.69) is 17.1 Å². The van der Waals surface area contributed by atoms with Crippen LogP contribution in [0.25, 0.3) is 0 Å². The molecule has 2 aliphatic rings. The van der Waals surface area contributed by atoms with Crippen molar-refractivity contribution in [1.29, 1.82) is 0 Å². The van der Waals surface area contributed by atoms with E-state index in [0.29, 0.717) is 17.9 Å². The van der Waals surface area contributed by atoms with E-state index in [1.54, 1.807) is 0 Å². The second kappa shape index (κ2) is 8.93. The van der Waals surface area contributed by atoms with Crippen LogP contribution >= 0.6 is 11.8 Å². The first-order valence-corrected chi connectivity index (χ1v) is 9.54. The van der Waals surface area contributed by atoms with Gasteiger partial charge in [0, 0.05) is 25.6 Å². The molecule has 0 aliphatic carbocycles. The molecule has 2 heterocycles. The fourth-order valence-electron chi connectivity index (χ4n) is 3.26. The second-order valence-electron chi connectivity index (χ2n) is 6.25. The predicted molar refractivity (Wildman–Crippen MR) is 87.2 cm³/mol. The standard InChI is InChI=1S/C16H30N2OS/c1-2-9-18(13-15-5-3-4-8-17-15)16(19)12-14-6-10-20-11-7-14/h14-15,17H,2-13H2,1H3. The van der Waals surface area contributed by atoms with Gasteiger partial charge < -0.3 is 10.2 Å². The molecule has 0 aromatic rings. The zero-order valence-electron chi connectivity index (χ0n) is 12.9. The average molecular weight is 298 g/mol. The highest BCUT2D eigenvalue weighted by molar-refractivity contribution is 7.99. The van der Waals surface area contributed by atoms with Gasteiger partial charge in [-0.1, -0.05) is 13.3 Å². The molecule has 2 aliphatic heterocycles. The molecular weight excluding hydrogens is 268 g/mol. The molecule has 2 fully saturated rings. The van der Waals surface area contributed by atoms with Crippen LogP contribution in [0.2, 0.25) is 0 Å². The molecule has 1 atom stereocenters. The van der Waals surface area contributed by atoms with Gasteiger partial charge in [-0.3, -0.25) is 4.79 Å². The van der Waals surface area contributed by atoms with Gasteiger partial charge >= 0.3 is 0 Å². The molecule has 0 radical (unpaired) electrons. The number of hydrogen-bond acceptors (Lipinski definition) is 3. The van der Waals surface area contributed by atoms with Gasteiger partial charge in [0.2, 0.25) is 5.91 Å². The molecule has 0 aromatic heterocycles. The molecule has 0 bridgehead atoms. The smallest absolute Gasteiger partial charge is 0.222 e. The van der Waals surface area contributed by atoms with Gasteiger partial charge in [-0.25, -0.2) is 0 Å². The number of piperidine rings is 1. The number of nitrogens with one attached hydrogen (secondary N) is 1. The summed E-state index contributed by atoms with van der Waals surface area (Å²) >= 11 is 2.04. The summed E-state index contributed by atoms with van der Waals surface area (Å²) in [6.45, 7) is 5.15. The lowest BCUT2D eigenvalue weighted by Crippen LogP contribution is -2.46. The van der Waals surface area contributed by atoms with Crippen molar-refractivity contribution in [2.24, 2.45) is 5.92 Å². The minimum atomic E-state index is 0.399. The molecule has 2 rings (SSSR count). The van der Waals surface area contributed by atoms with Crippen molar-refractivity contribution in [3.8, 4) is 0 Å². The third-order valence-electron chi connectivity index (χ3n) is 4.50. The topological polar surface area (TPSA) is 32.3 Å². The first kappa shape index (κ1) is 16.2. The molecule has 4 heteroatoms. The van der Waals surface area contributed by atoms with Crippen LogP contribution in [-0.4, -0.2) is 48.0 Å². The van der Waals surface area contributed by atoms with Crippen LogP contribution in [0.1, 0.15) is 51.9 Å². The minimum absolute atomic E-state index is 0.399. The Bertz CT molecular complexity index is 286. The van der Waals surface area contributed by atoms with E-state index in [0.717, 1.165) is 32.5 Å². The Balaban J connectivity index is 1.80. The molecule has 3 nitrogen and oxygen atoms in total. The van der Waals surface area contributed by atoms with Crippen molar-refractivity contribution in [3.63, 3.8) is 0 Å². The molecule has 1 amide bonds. The fourth-order valence-corrected chi connectivity index (χ4v) is 4.46. The van der Waals surface area contributed by atoms with E-state index in [1.807, 2.05) is 11.8 Å². The van der Waals surface area contributed by atoms with E-state index >= 15 is 0 Å². The Labute approximate surface area is 128 Å². The van der Waals surface area contributed by atoms with Crippen molar-refractivity contribution in [2.45, 2.75) is 57.9 Å². The largest absolute Gasteiger partial charge is 0.341 e. The van der Waals surface area contributed by atoms with Crippen molar-refractivity contribution < 1.29 is 4.79 Å². The number of carbonyl (C=O) groups excluding carboxylic acids is 1. The molecule has 0 spiro atoms. The van der Waals surface area contributed by atoms with Crippen molar-refractivity contribution in [3.05, 3.63) is 0 Å². The van der Waals surface area contributed by atoms with Crippen molar-refractivity contribution >= 4 is 17.7 Å². The number of nitrogens with zero attached hydrogens (tertiary/aromatic N) is 1. The van der Waals surface area contributed by atoms with Crippen LogP contribution in [0, 0.1) is 5.92 Å². The van der Waals surface area contributed by atoms with Crippen molar-refractivity contribution in [1.82, 2.24) is 10.2 Å². The number of rotatable bonds is 6. The van der Waals surface area contributed by atoms with Gasteiger partial charge in [0.05, 0.1) is 0 Å². The summed E-state index contributed by atoms with van der Waals surface area (Å²) in [6, 6.07) is 0.529. The monoisotopic (exact) mass is 298 g/mol. The van der Waals surface area contributed by atoms with Gasteiger partial charge in [-0.2, -0.15) is 11.8 Å². The lowest BCUT2D eigenvalue weighted by Gasteiger charge is -2.32. The summed E-state index contributed by atoms with van der Waals surface area (Å²) in [5.74, 6) is 3.53. The first-order chi connectivity index (χ1) is 9.79. The molecular formula is C16H30N2OS. The summed E-state index contributed by atoms with van der Waals surface area (Å²) in [4.78, 5) is 14.7. The highest BCUT2D eigenvalue weighted by Gasteiger charge is 2.23. The maximum atomic E-state index is 12.6. The van der Waals surface area contributed by atoms with Gasteiger partial charge in [0.15, 0.2) is 0 Å². The Hall–Kier alpha value is -0.220. The third kappa shape index (κ3) is 5.28. The van der Waals surface area contributed by atoms with Gasteiger partial charge in [-0.05, 0) is 56.1 Å². The van der Waals surface area contributed by atoms with E-state index in [4.69, 9.17) is 0 Å². The van der Waals surface area contributed by atoms with E-state index < -0.39 is 0 Å². The van der Waals surface area contributed by atoms with Crippen LogP contribution in [0.5, 0.6) is 0 Å². The second-order valence-corrected chi connectivity index (χ2v) is 7.47. The maximum Gasteiger partial charge on any atom is 0.222 e. The van der Waals surface area contributed by atoms with Gasteiger partial charge in [-0.15, -0.1) is 0 Å². The summed E-state index contributed by atoms with van der Waals surface area (Å²) in [7, 11) is 0. The lowest BCUT2D eigenvalue weighted by molar-refractivity contribution is -0.132. The molecule has 0 aromatic carbocycles. The zero-order chi connectivity index (χ0) is 14.2. The van der Waals surface area contributed by atoms with Crippen LogP contribution in [-0.2, 0) is 4.79 Å². The number of hydrogen-bond donors (Lipinski definition) is 1. The highest BCUT2D eigenvalue weighted by Crippen LogP contribution is 2.26. The first-order valence-electron chi connectivity index (χ1n) is 8.38.